The van der Waals surface area contributed by atoms with Crippen molar-refractivity contribution < 1.29 is 23.7 Å². The second kappa shape index (κ2) is 16.9. The van der Waals surface area contributed by atoms with Gasteiger partial charge in [-0.25, -0.2) is 0 Å². The standard InChI is InChI=1S/C9H19.O.Ti/c1-3-5-7-9-8-6-4-2;;/h1,3-9H2,2H3;;/q-1;;+1. The minimum atomic E-state index is 0.750. The Morgan fingerprint density at radius 1 is 1.00 bits per heavy atom. The molecule has 0 aromatic rings. The molecule has 0 atom stereocenters. The maximum atomic E-state index is 8.25. The van der Waals surface area contributed by atoms with E-state index in [1.165, 1.54) is 38.5 Å². The van der Waals surface area contributed by atoms with Crippen molar-refractivity contribution in [2.75, 3.05) is 0 Å². The van der Waals surface area contributed by atoms with Crippen LogP contribution in [0.3, 0.4) is 0 Å². The first-order chi connectivity index (χ1) is 5.41. The van der Waals surface area contributed by atoms with Gasteiger partial charge in [0, 0.05) is 0 Å². The van der Waals surface area contributed by atoms with Gasteiger partial charge in [0.1, 0.15) is 0 Å². The monoisotopic (exact) mass is 191 g/mol. The fourth-order valence-electron chi connectivity index (χ4n) is 0.957. The van der Waals surface area contributed by atoms with E-state index in [1.807, 2.05) is 0 Å². The molecule has 0 rings (SSSR count). The van der Waals surface area contributed by atoms with Crippen LogP contribution >= 0.6 is 0 Å². The Morgan fingerprint density at radius 3 is 1.91 bits per heavy atom. The molecule has 0 aliphatic heterocycles. The Hall–Kier alpha value is 0.514. The van der Waals surface area contributed by atoms with Crippen LogP contribution in [0.25, 0.3) is 0 Å². The van der Waals surface area contributed by atoms with Crippen molar-refractivity contribution in [2.45, 2.75) is 51.9 Å². The second-order valence-electron chi connectivity index (χ2n) is 2.62. The summed E-state index contributed by atoms with van der Waals surface area (Å²) in [6.07, 6.45) is 9.45. The summed E-state index contributed by atoms with van der Waals surface area (Å²) in [6.45, 7) is 6.05. The van der Waals surface area contributed by atoms with Crippen LogP contribution in [0.1, 0.15) is 51.9 Å². The summed E-state index contributed by atoms with van der Waals surface area (Å²) in [5, 5.41) is 0. The van der Waals surface area contributed by atoms with E-state index in [2.05, 4.69) is 13.8 Å². The van der Waals surface area contributed by atoms with E-state index < -0.39 is 0 Å². The molecule has 0 unspecified atom stereocenters. The van der Waals surface area contributed by atoms with E-state index >= 15 is 0 Å². The van der Waals surface area contributed by atoms with Gasteiger partial charge in [0.2, 0.25) is 0 Å². The quantitative estimate of drug-likeness (QED) is 0.357. The van der Waals surface area contributed by atoms with Crippen LogP contribution in [0.5, 0.6) is 0 Å². The predicted octanol–water partition coefficient (Wildman–Crippen LogP) is 3.45. The third-order valence-electron chi connectivity index (χ3n) is 1.60. The van der Waals surface area contributed by atoms with Gasteiger partial charge >= 0.3 is 23.7 Å². The van der Waals surface area contributed by atoms with Crippen LogP contribution in [-0.2, 0) is 23.7 Å². The zero-order valence-corrected chi connectivity index (χ0v) is 9.13. The Morgan fingerprint density at radius 2 is 1.45 bits per heavy atom. The van der Waals surface area contributed by atoms with Crippen LogP contribution in [0.15, 0.2) is 0 Å². The van der Waals surface area contributed by atoms with Gasteiger partial charge in [-0.1, -0.05) is 45.4 Å². The van der Waals surface area contributed by atoms with E-state index in [9.17, 15) is 0 Å². The first-order valence-corrected chi connectivity index (χ1v) is 5.05. The van der Waals surface area contributed by atoms with Crippen LogP contribution < -0.4 is 0 Å². The first-order valence-electron chi connectivity index (χ1n) is 4.41. The molecule has 0 aliphatic rings. The van der Waals surface area contributed by atoms with Crippen molar-refractivity contribution in [3.63, 3.8) is 0 Å². The third-order valence-corrected chi connectivity index (χ3v) is 1.60. The molecule has 0 aromatic carbocycles. The molecule has 0 amide bonds. The van der Waals surface area contributed by atoms with E-state index in [0.717, 1.165) is 26.8 Å². The molecule has 1 nitrogen and oxygen atoms in total. The molecule has 0 heterocycles. The number of rotatable bonds is 6. The zero-order valence-electron chi connectivity index (χ0n) is 7.57. The second-order valence-corrected chi connectivity index (χ2v) is 2.62. The summed E-state index contributed by atoms with van der Waals surface area (Å²) < 4.78 is 8.25. The van der Waals surface area contributed by atoms with Crippen molar-refractivity contribution in [2.24, 2.45) is 0 Å². The van der Waals surface area contributed by atoms with Gasteiger partial charge in [-0.05, 0) is 0 Å². The number of hydrogen-bond donors (Lipinski definition) is 0. The van der Waals surface area contributed by atoms with Gasteiger partial charge < -0.3 is 6.92 Å². The topological polar surface area (TPSA) is 17.1 Å². The van der Waals surface area contributed by atoms with Gasteiger partial charge in [-0.2, -0.15) is 6.42 Å². The van der Waals surface area contributed by atoms with Crippen molar-refractivity contribution in [3.8, 4) is 0 Å². The fraction of sp³-hybridized carbons (Fsp3) is 0.889. The summed E-state index contributed by atoms with van der Waals surface area (Å²) in [4.78, 5) is 0. The number of hydrogen-bond acceptors (Lipinski definition) is 1. The predicted molar refractivity (Wildman–Crippen MR) is 44.0 cm³/mol. The fourth-order valence-corrected chi connectivity index (χ4v) is 0.957. The van der Waals surface area contributed by atoms with E-state index in [1.54, 1.807) is 0 Å². The molecule has 0 N–H and O–H groups in total. The molecular formula is C9H19OTi. The molecule has 0 bridgehead atoms. The molecule has 0 saturated heterocycles. The zero-order chi connectivity index (χ0) is 8.95. The molecule has 0 saturated carbocycles. The summed E-state index contributed by atoms with van der Waals surface area (Å²) in [7, 11) is 0. The number of unbranched alkanes of at least 4 members (excludes halogenated alkanes) is 6. The van der Waals surface area contributed by atoms with Gasteiger partial charge in [0.15, 0.2) is 0 Å². The summed E-state index contributed by atoms with van der Waals surface area (Å²) >= 11 is 0.750. The van der Waals surface area contributed by atoms with Crippen molar-refractivity contribution in [1.29, 1.82) is 0 Å². The van der Waals surface area contributed by atoms with Gasteiger partial charge in [0.05, 0.1) is 0 Å². The molecule has 2 heteroatoms. The van der Waals surface area contributed by atoms with Gasteiger partial charge in [0.25, 0.3) is 0 Å². The van der Waals surface area contributed by atoms with Crippen LogP contribution in [0.4, 0.5) is 0 Å². The molecule has 65 valence electrons. The summed E-state index contributed by atoms with van der Waals surface area (Å²) in [5.74, 6) is 0. The normalized spacial score (nSPS) is 8.73. The van der Waals surface area contributed by atoms with Crippen LogP contribution in [0.2, 0.25) is 0 Å². The Bertz CT molecular complexity index is 51.5. The molecule has 0 fully saturated rings. The third kappa shape index (κ3) is 18.0. The summed E-state index contributed by atoms with van der Waals surface area (Å²) in [6, 6.07) is 0. The van der Waals surface area contributed by atoms with E-state index in [0.29, 0.717) is 0 Å². The molecular weight excluding hydrogens is 172 g/mol. The molecule has 0 spiro atoms. The summed E-state index contributed by atoms with van der Waals surface area (Å²) in [5.41, 5.74) is 0. The average molecular weight is 191 g/mol. The van der Waals surface area contributed by atoms with Gasteiger partial charge in [-0.15, -0.1) is 0 Å². The Kier molecular flexibility index (Phi) is 21.5. The minimum absolute atomic E-state index is 0.750. The molecule has 0 aliphatic carbocycles. The Balaban J connectivity index is 0. The van der Waals surface area contributed by atoms with Gasteiger partial charge in [-0.3, -0.25) is 0 Å². The first kappa shape index (κ1) is 14.1. The average Bonchev–Trinajstić information content (AvgIpc) is 2.08. The van der Waals surface area contributed by atoms with Crippen molar-refractivity contribution >= 4 is 0 Å². The SMILES string of the molecule is [CH2-]CCCCCCCC.[O]=[Ti+]. The van der Waals surface area contributed by atoms with Crippen molar-refractivity contribution in [1.82, 2.24) is 0 Å². The Labute approximate surface area is 82.7 Å². The maximum absolute atomic E-state index is 8.25. The molecule has 0 aromatic heterocycles. The van der Waals surface area contributed by atoms with Crippen molar-refractivity contribution in [3.05, 3.63) is 6.92 Å². The molecule has 0 radical (unpaired) electrons. The van der Waals surface area contributed by atoms with Crippen LogP contribution in [0, 0.1) is 6.92 Å². The van der Waals surface area contributed by atoms with E-state index in [-0.39, 0.29) is 0 Å². The van der Waals surface area contributed by atoms with E-state index in [4.69, 9.17) is 3.32 Å². The molecule has 11 heavy (non-hydrogen) atoms. The van der Waals surface area contributed by atoms with Crippen LogP contribution in [-0.4, -0.2) is 0 Å².